The normalized spacial score (nSPS) is 14.4. The molecule has 0 aliphatic heterocycles. The van der Waals surface area contributed by atoms with Gasteiger partial charge in [0.05, 0.1) is 16.4 Å². The third kappa shape index (κ3) is 2.44. The minimum atomic E-state index is -0.184. The number of hydrogen-bond donors (Lipinski definition) is 2. The summed E-state index contributed by atoms with van der Waals surface area (Å²) in [7, 11) is 0. The number of nitrogen functional groups attached to an aromatic ring is 1. The van der Waals surface area contributed by atoms with Crippen LogP contribution in [0.25, 0.3) is 0 Å². The zero-order valence-electron chi connectivity index (χ0n) is 10.3. The molecule has 3 rings (SSSR count). The highest BCUT2D eigenvalue weighted by molar-refractivity contribution is 6.33. The van der Waals surface area contributed by atoms with Gasteiger partial charge in [0, 0.05) is 12.2 Å². The Bertz CT molecular complexity index is 631. The Hall–Kier alpha value is -1.94. The van der Waals surface area contributed by atoms with Crippen molar-refractivity contribution in [2.24, 2.45) is 0 Å². The Balaban J connectivity index is 1.86. The summed E-state index contributed by atoms with van der Waals surface area (Å²) in [4.78, 5) is 12.3. The zero-order valence-corrected chi connectivity index (χ0v) is 11.0. The Morgan fingerprint density at radius 1 is 1.37 bits per heavy atom. The van der Waals surface area contributed by atoms with Crippen LogP contribution in [0.1, 0.15) is 29.4 Å². The van der Waals surface area contributed by atoms with E-state index < -0.39 is 0 Å². The third-order valence-corrected chi connectivity index (χ3v) is 3.49. The van der Waals surface area contributed by atoms with E-state index in [0.717, 1.165) is 12.8 Å². The van der Waals surface area contributed by atoms with Crippen LogP contribution in [-0.4, -0.2) is 10.5 Å². The number of halogens is 1. The van der Waals surface area contributed by atoms with E-state index in [-0.39, 0.29) is 5.91 Å². The van der Waals surface area contributed by atoms with E-state index in [1.54, 1.807) is 18.2 Å². The third-order valence-electron chi connectivity index (χ3n) is 3.16. The summed E-state index contributed by atoms with van der Waals surface area (Å²) in [6.07, 6.45) is 4.01. The van der Waals surface area contributed by atoms with Crippen molar-refractivity contribution >= 4 is 28.9 Å². The maximum absolute atomic E-state index is 12.3. The van der Waals surface area contributed by atoms with E-state index in [2.05, 4.69) is 5.32 Å². The first kappa shape index (κ1) is 12.1. The van der Waals surface area contributed by atoms with Crippen molar-refractivity contribution in [3.63, 3.8) is 0 Å². The van der Waals surface area contributed by atoms with Crippen molar-refractivity contribution in [2.45, 2.75) is 18.9 Å². The van der Waals surface area contributed by atoms with Crippen LogP contribution in [0.15, 0.2) is 36.5 Å². The Morgan fingerprint density at radius 2 is 2.11 bits per heavy atom. The second-order valence-electron chi connectivity index (χ2n) is 4.73. The molecule has 5 heteroatoms. The van der Waals surface area contributed by atoms with E-state index in [9.17, 15) is 4.79 Å². The minimum absolute atomic E-state index is 0.184. The lowest BCUT2D eigenvalue weighted by Crippen LogP contribution is -2.16. The molecule has 0 radical (unpaired) electrons. The van der Waals surface area contributed by atoms with Crippen molar-refractivity contribution in [3.8, 4) is 0 Å². The lowest BCUT2D eigenvalue weighted by atomic mass is 10.3. The molecule has 1 aliphatic rings. The molecule has 19 heavy (non-hydrogen) atoms. The van der Waals surface area contributed by atoms with Gasteiger partial charge in [-0.25, -0.2) is 0 Å². The van der Waals surface area contributed by atoms with Gasteiger partial charge in [-0.3, -0.25) is 4.79 Å². The first-order chi connectivity index (χ1) is 9.15. The molecule has 1 fully saturated rings. The molecule has 1 saturated carbocycles. The van der Waals surface area contributed by atoms with Crippen LogP contribution in [0.5, 0.6) is 0 Å². The highest BCUT2D eigenvalue weighted by atomic mass is 35.5. The molecule has 1 aliphatic carbocycles. The number of anilines is 2. The summed E-state index contributed by atoms with van der Waals surface area (Å²) < 4.78 is 1.95. The molecule has 1 aromatic carbocycles. The average molecular weight is 276 g/mol. The van der Waals surface area contributed by atoms with Gasteiger partial charge in [0.15, 0.2) is 0 Å². The molecule has 1 aromatic heterocycles. The van der Waals surface area contributed by atoms with Crippen LogP contribution in [0.3, 0.4) is 0 Å². The number of benzene rings is 1. The van der Waals surface area contributed by atoms with Gasteiger partial charge in [-0.05, 0) is 31.0 Å². The van der Waals surface area contributed by atoms with Crippen LogP contribution >= 0.6 is 11.6 Å². The quantitative estimate of drug-likeness (QED) is 0.903. The molecule has 0 saturated heterocycles. The zero-order chi connectivity index (χ0) is 13.4. The highest BCUT2D eigenvalue weighted by Gasteiger charge is 2.27. The molecule has 98 valence electrons. The number of nitrogens with zero attached hydrogens (tertiary/aromatic N) is 1. The van der Waals surface area contributed by atoms with Crippen LogP contribution in [0, 0.1) is 0 Å². The van der Waals surface area contributed by atoms with Crippen LogP contribution in [-0.2, 0) is 0 Å². The van der Waals surface area contributed by atoms with E-state index in [1.165, 1.54) is 0 Å². The molecule has 4 nitrogen and oxygen atoms in total. The molecular formula is C14H14ClN3O. The number of aromatic nitrogens is 1. The SMILES string of the molecule is Nc1cc(C(=O)Nc2ccccc2Cl)n(C2CC2)c1. The molecule has 0 unspecified atom stereocenters. The van der Waals surface area contributed by atoms with Gasteiger partial charge in [0.25, 0.3) is 5.91 Å². The first-order valence-electron chi connectivity index (χ1n) is 6.18. The molecular weight excluding hydrogens is 262 g/mol. The smallest absolute Gasteiger partial charge is 0.272 e. The number of hydrogen-bond acceptors (Lipinski definition) is 2. The monoisotopic (exact) mass is 275 g/mol. The first-order valence-corrected chi connectivity index (χ1v) is 6.56. The van der Waals surface area contributed by atoms with Crippen molar-refractivity contribution in [2.75, 3.05) is 11.1 Å². The van der Waals surface area contributed by atoms with Gasteiger partial charge in [0.1, 0.15) is 5.69 Å². The van der Waals surface area contributed by atoms with Crippen molar-refractivity contribution in [1.29, 1.82) is 0 Å². The van der Waals surface area contributed by atoms with Crippen LogP contribution < -0.4 is 11.1 Å². The second kappa shape index (κ2) is 4.63. The highest BCUT2D eigenvalue weighted by Crippen LogP contribution is 2.37. The number of nitrogens with one attached hydrogen (secondary N) is 1. The van der Waals surface area contributed by atoms with Gasteiger partial charge in [-0.2, -0.15) is 0 Å². The van der Waals surface area contributed by atoms with Crippen LogP contribution in [0.4, 0.5) is 11.4 Å². The predicted octanol–water partition coefficient (Wildman–Crippen LogP) is 3.31. The lowest BCUT2D eigenvalue weighted by molar-refractivity contribution is 0.101. The summed E-state index contributed by atoms with van der Waals surface area (Å²) in [5.74, 6) is -0.184. The van der Waals surface area contributed by atoms with Crippen molar-refractivity contribution in [1.82, 2.24) is 4.57 Å². The number of nitrogens with two attached hydrogens (primary N) is 1. The van der Waals surface area contributed by atoms with Gasteiger partial charge >= 0.3 is 0 Å². The van der Waals surface area contributed by atoms with E-state index >= 15 is 0 Å². The van der Waals surface area contributed by atoms with Gasteiger partial charge in [-0.15, -0.1) is 0 Å². The molecule has 0 bridgehead atoms. The van der Waals surface area contributed by atoms with E-state index in [1.807, 2.05) is 22.9 Å². The minimum Gasteiger partial charge on any atom is -0.397 e. The molecule has 0 spiro atoms. The second-order valence-corrected chi connectivity index (χ2v) is 5.14. The number of carbonyl (C=O) groups is 1. The van der Waals surface area contributed by atoms with Gasteiger partial charge < -0.3 is 15.6 Å². The molecule has 1 amide bonds. The summed E-state index contributed by atoms with van der Waals surface area (Å²) in [5.41, 5.74) is 7.58. The number of rotatable bonds is 3. The fourth-order valence-corrected chi connectivity index (χ4v) is 2.27. The molecule has 2 aromatic rings. The Labute approximate surface area is 116 Å². The van der Waals surface area contributed by atoms with Crippen molar-refractivity contribution in [3.05, 3.63) is 47.2 Å². The molecule has 3 N–H and O–H groups in total. The molecule has 0 atom stereocenters. The maximum Gasteiger partial charge on any atom is 0.272 e. The van der Waals surface area contributed by atoms with E-state index in [4.69, 9.17) is 17.3 Å². The summed E-state index contributed by atoms with van der Waals surface area (Å²) in [6, 6.07) is 9.27. The standard InChI is InChI=1S/C14H14ClN3O/c15-11-3-1-2-4-12(11)17-14(19)13-7-9(16)8-18(13)10-5-6-10/h1-4,7-8,10H,5-6,16H2,(H,17,19). The number of carbonyl (C=O) groups excluding carboxylic acids is 1. The summed E-state index contributed by atoms with van der Waals surface area (Å²) in [5, 5.41) is 3.34. The van der Waals surface area contributed by atoms with Crippen LogP contribution in [0.2, 0.25) is 5.02 Å². The topological polar surface area (TPSA) is 60.1 Å². The van der Waals surface area contributed by atoms with E-state index in [0.29, 0.717) is 28.1 Å². The maximum atomic E-state index is 12.3. The average Bonchev–Trinajstić information content (AvgIpc) is 3.15. The molecule has 1 heterocycles. The Morgan fingerprint density at radius 3 is 2.79 bits per heavy atom. The number of amides is 1. The van der Waals surface area contributed by atoms with Gasteiger partial charge in [0.2, 0.25) is 0 Å². The van der Waals surface area contributed by atoms with Gasteiger partial charge in [-0.1, -0.05) is 23.7 Å². The predicted molar refractivity (Wildman–Crippen MR) is 76.5 cm³/mol. The Kier molecular flexibility index (Phi) is 2.95. The van der Waals surface area contributed by atoms with Crippen molar-refractivity contribution < 1.29 is 4.79 Å². The number of para-hydroxylation sites is 1. The summed E-state index contributed by atoms with van der Waals surface area (Å²) in [6.45, 7) is 0. The fourth-order valence-electron chi connectivity index (χ4n) is 2.09. The fraction of sp³-hybridized carbons (Fsp3) is 0.214. The lowest BCUT2D eigenvalue weighted by Gasteiger charge is -2.09. The summed E-state index contributed by atoms with van der Waals surface area (Å²) >= 11 is 6.03. The largest absolute Gasteiger partial charge is 0.397 e.